The lowest BCUT2D eigenvalue weighted by Gasteiger charge is -2.05. The summed E-state index contributed by atoms with van der Waals surface area (Å²) in [6.45, 7) is 2.20. The number of nitrogens with one attached hydrogen (secondary N) is 1. The van der Waals surface area contributed by atoms with Crippen LogP contribution in [-0.2, 0) is 6.42 Å². The standard InChI is InChI=1S/C11H13N3/c1-2-9-7-13-11(14-8-9)5-10-3-4-12-6-10/h1,7-8,10,12H,3-6H2/t10-/m0/s1. The number of aromatic nitrogens is 2. The van der Waals surface area contributed by atoms with Crippen LogP contribution in [0.5, 0.6) is 0 Å². The first-order valence-electron chi connectivity index (χ1n) is 4.87. The van der Waals surface area contributed by atoms with E-state index >= 15 is 0 Å². The van der Waals surface area contributed by atoms with Gasteiger partial charge in [-0.25, -0.2) is 9.97 Å². The number of terminal acetylenes is 1. The third-order valence-electron chi connectivity index (χ3n) is 2.51. The van der Waals surface area contributed by atoms with Crippen molar-refractivity contribution in [3.8, 4) is 12.3 Å². The van der Waals surface area contributed by atoms with E-state index in [4.69, 9.17) is 6.42 Å². The summed E-state index contributed by atoms with van der Waals surface area (Å²) < 4.78 is 0. The maximum atomic E-state index is 5.22. The van der Waals surface area contributed by atoms with Crippen LogP contribution in [0, 0.1) is 18.3 Å². The van der Waals surface area contributed by atoms with Gasteiger partial charge in [-0.05, 0) is 25.4 Å². The molecule has 0 amide bonds. The second kappa shape index (κ2) is 4.21. The Bertz CT molecular complexity index is 331. The average Bonchev–Trinajstić information content (AvgIpc) is 2.72. The molecule has 0 aromatic carbocycles. The fraction of sp³-hybridized carbons (Fsp3) is 0.455. The monoisotopic (exact) mass is 187 g/mol. The lowest BCUT2D eigenvalue weighted by Crippen LogP contribution is -2.12. The summed E-state index contributed by atoms with van der Waals surface area (Å²) in [6, 6.07) is 0. The van der Waals surface area contributed by atoms with Crippen molar-refractivity contribution < 1.29 is 0 Å². The van der Waals surface area contributed by atoms with E-state index in [2.05, 4.69) is 21.2 Å². The molecule has 1 aliphatic heterocycles. The maximum absolute atomic E-state index is 5.22. The summed E-state index contributed by atoms with van der Waals surface area (Å²) in [5, 5.41) is 3.33. The molecular weight excluding hydrogens is 174 g/mol. The van der Waals surface area contributed by atoms with Gasteiger partial charge in [-0.15, -0.1) is 6.42 Å². The molecule has 2 rings (SSSR count). The lowest BCUT2D eigenvalue weighted by molar-refractivity contribution is 0.561. The Morgan fingerprint density at radius 2 is 2.29 bits per heavy atom. The van der Waals surface area contributed by atoms with Gasteiger partial charge in [0.2, 0.25) is 0 Å². The molecule has 1 aromatic rings. The molecular formula is C11H13N3. The minimum absolute atomic E-state index is 0.687. The molecule has 1 aliphatic rings. The zero-order valence-electron chi connectivity index (χ0n) is 8.03. The summed E-state index contributed by atoms with van der Waals surface area (Å²) >= 11 is 0. The normalized spacial score (nSPS) is 20.6. The summed E-state index contributed by atoms with van der Waals surface area (Å²) in [4.78, 5) is 8.46. The van der Waals surface area contributed by atoms with Crippen LogP contribution < -0.4 is 5.32 Å². The molecule has 1 atom stereocenters. The second-order valence-electron chi connectivity index (χ2n) is 3.60. The Labute approximate surface area is 84.0 Å². The van der Waals surface area contributed by atoms with Gasteiger partial charge in [0.25, 0.3) is 0 Å². The highest BCUT2D eigenvalue weighted by molar-refractivity contribution is 5.26. The molecule has 72 valence electrons. The topological polar surface area (TPSA) is 37.8 Å². The van der Waals surface area contributed by atoms with Crippen molar-refractivity contribution in [2.75, 3.05) is 13.1 Å². The van der Waals surface area contributed by atoms with Crippen molar-refractivity contribution >= 4 is 0 Å². The number of hydrogen-bond donors (Lipinski definition) is 1. The molecule has 3 heteroatoms. The van der Waals surface area contributed by atoms with E-state index in [9.17, 15) is 0 Å². The highest BCUT2D eigenvalue weighted by Crippen LogP contribution is 2.12. The first kappa shape index (κ1) is 9.17. The Morgan fingerprint density at radius 1 is 1.50 bits per heavy atom. The predicted molar refractivity (Wildman–Crippen MR) is 54.6 cm³/mol. The van der Waals surface area contributed by atoms with E-state index in [-0.39, 0.29) is 0 Å². The number of rotatable bonds is 2. The van der Waals surface area contributed by atoms with Gasteiger partial charge in [0.1, 0.15) is 5.82 Å². The molecule has 2 heterocycles. The minimum atomic E-state index is 0.687. The first-order chi connectivity index (χ1) is 6.88. The SMILES string of the molecule is C#Cc1cnc(C[C@@H]2CCNC2)nc1. The maximum Gasteiger partial charge on any atom is 0.128 e. The molecule has 1 aromatic heterocycles. The van der Waals surface area contributed by atoms with Gasteiger partial charge in [-0.2, -0.15) is 0 Å². The molecule has 0 unspecified atom stereocenters. The Hall–Kier alpha value is -1.40. The number of nitrogens with zero attached hydrogens (tertiary/aromatic N) is 2. The lowest BCUT2D eigenvalue weighted by atomic mass is 10.0. The molecule has 0 bridgehead atoms. The van der Waals surface area contributed by atoms with E-state index < -0.39 is 0 Å². The highest BCUT2D eigenvalue weighted by atomic mass is 14.9. The third kappa shape index (κ3) is 2.09. The van der Waals surface area contributed by atoms with Gasteiger partial charge in [-0.3, -0.25) is 0 Å². The zero-order chi connectivity index (χ0) is 9.80. The highest BCUT2D eigenvalue weighted by Gasteiger charge is 2.15. The molecule has 1 saturated heterocycles. The molecule has 0 radical (unpaired) electrons. The van der Waals surface area contributed by atoms with Crippen LogP contribution in [0.25, 0.3) is 0 Å². The largest absolute Gasteiger partial charge is 0.316 e. The third-order valence-corrected chi connectivity index (χ3v) is 2.51. The van der Waals surface area contributed by atoms with E-state index in [1.807, 2.05) is 0 Å². The number of hydrogen-bond acceptors (Lipinski definition) is 3. The molecule has 0 saturated carbocycles. The van der Waals surface area contributed by atoms with Crippen molar-refractivity contribution in [3.63, 3.8) is 0 Å². The van der Waals surface area contributed by atoms with E-state index in [1.165, 1.54) is 6.42 Å². The Morgan fingerprint density at radius 3 is 2.86 bits per heavy atom. The van der Waals surface area contributed by atoms with Crippen molar-refractivity contribution in [2.24, 2.45) is 5.92 Å². The molecule has 1 N–H and O–H groups in total. The minimum Gasteiger partial charge on any atom is -0.316 e. The van der Waals surface area contributed by atoms with Gasteiger partial charge in [0.15, 0.2) is 0 Å². The summed E-state index contributed by atoms with van der Waals surface area (Å²) in [5.41, 5.74) is 0.748. The van der Waals surface area contributed by atoms with Gasteiger partial charge >= 0.3 is 0 Å². The van der Waals surface area contributed by atoms with Gasteiger partial charge in [0.05, 0.1) is 5.56 Å². The van der Waals surface area contributed by atoms with Crippen molar-refractivity contribution in [3.05, 3.63) is 23.8 Å². The van der Waals surface area contributed by atoms with Crippen LogP contribution in [0.4, 0.5) is 0 Å². The molecule has 1 fully saturated rings. The van der Waals surface area contributed by atoms with Crippen molar-refractivity contribution in [2.45, 2.75) is 12.8 Å². The smallest absolute Gasteiger partial charge is 0.128 e. The van der Waals surface area contributed by atoms with Crippen LogP contribution in [0.1, 0.15) is 17.8 Å². The molecule has 0 spiro atoms. The van der Waals surface area contributed by atoms with Gasteiger partial charge in [-0.1, -0.05) is 5.92 Å². The Balaban J connectivity index is 1.99. The fourth-order valence-corrected chi connectivity index (χ4v) is 1.68. The second-order valence-corrected chi connectivity index (χ2v) is 3.60. The predicted octanol–water partition coefficient (Wildman–Crippen LogP) is 0.610. The molecule has 3 nitrogen and oxygen atoms in total. The van der Waals surface area contributed by atoms with Crippen LogP contribution in [-0.4, -0.2) is 23.1 Å². The first-order valence-corrected chi connectivity index (χ1v) is 4.87. The van der Waals surface area contributed by atoms with Crippen LogP contribution >= 0.6 is 0 Å². The summed E-state index contributed by atoms with van der Waals surface area (Å²) in [6.07, 6.45) is 10.8. The Kier molecular flexibility index (Phi) is 2.76. The fourth-order valence-electron chi connectivity index (χ4n) is 1.68. The summed E-state index contributed by atoms with van der Waals surface area (Å²) in [5.74, 6) is 4.10. The van der Waals surface area contributed by atoms with E-state index in [0.29, 0.717) is 5.92 Å². The van der Waals surface area contributed by atoms with Crippen molar-refractivity contribution in [1.29, 1.82) is 0 Å². The van der Waals surface area contributed by atoms with Gasteiger partial charge < -0.3 is 5.32 Å². The van der Waals surface area contributed by atoms with Crippen molar-refractivity contribution in [1.82, 2.24) is 15.3 Å². The summed E-state index contributed by atoms with van der Waals surface area (Å²) in [7, 11) is 0. The molecule has 0 aliphatic carbocycles. The van der Waals surface area contributed by atoms with Crippen LogP contribution in [0.2, 0.25) is 0 Å². The molecule has 14 heavy (non-hydrogen) atoms. The van der Waals surface area contributed by atoms with Crippen LogP contribution in [0.3, 0.4) is 0 Å². The quantitative estimate of drug-likeness (QED) is 0.689. The van der Waals surface area contributed by atoms with E-state index in [1.54, 1.807) is 12.4 Å². The van der Waals surface area contributed by atoms with Crippen LogP contribution in [0.15, 0.2) is 12.4 Å². The van der Waals surface area contributed by atoms with Gasteiger partial charge in [0, 0.05) is 18.8 Å². The average molecular weight is 187 g/mol. The zero-order valence-corrected chi connectivity index (χ0v) is 8.03. The van der Waals surface area contributed by atoms with E-state index in [0.717, 1.165) is 30.9 Å².